The van der Waals surface area contributed by atoms with Crippen molar-refractivity contribution in [2.24, 2.45) is 0 Å². The summed E-state index contributed by atoms with van der Waals surface area (Å²) >= 11 is 7.42. The molecule has 1 heterocycles. The Labute approximate surface area is 158 Å². The molecule has 1 fully saturated rings. The smallest absolute Gasteiger partial charge is 0.400 e. The van der Waals surface area contributed by atoms with Gasteiger partial charge in [-0.1, -0.05) is 29.4 Å². The Morgan fingerprint density at radius 1 is 1.28 bits per heavy atom. The number of halogens is 2. The SMILES string of the molecule is CC(=O)SCC(=Cc1cc(F)c(C)cc1Cl)B1OC(C)(C)C(C)(C)O1. The Hall–Kier alpha value is -0.815. The molecule has 25 heavy (non-hydrogen) atoms. The molecule has 0 aliphatic carbocycles. The van der Waals surface area contributed by atoms with E-state index in [4.69, 9.17) is 20.9 Å². The normalized spacial score (nSPS) is 19.4. The fourth-order valence-electron chi connectivity index (χ4n) is 2.33. The number of hydrogen-bond donors (Lipinski definition) is 0. The van der Waals surface area contributed by atoms with Crippen LogP contribution in [0.25, 0.3) is 6.08 Å². The molecule has 0 N–H and O–H groups in total. The van der Waals surface area contributed by atoms with Crippen molar-refractivity contribution < 1.29 is 18.5 Å². The third-order valence-electron chi connectivity index (χ3n) is 4.62. The number of carbonyl (C=O) groups excluding carboxylic acids is 1. The Balaban J connectivity index is 2.40. The summed E-state index contributed by atoms with van der Waals surface area (Å²) in [6, 6.07) is 2.98. The Kier molecular flexibility index (Phi) is 6.09. The van der Waals surface area contributed by atoms with E-state index in [0.29, 0.717) is 21.9 Å². The Bertz CT molecular complexity index is 703. The second-order valence-corrected chi connectivity index (χ2v) is 8.77. The maximum atomic E-state index is 13.9. The van der Waals surface area contributed by atoms with Gasteiger partial charge < -0.3 is 9.31 Å². The quantitative estimate of drug-likeness (QED) is 0.678. The van der Waals surface area contributed by atoms with E-state index < -0.39 is 18.3 Å². The van der Waals surface area contributed by atoms with Gasteiger partial charge in [0.05, 0.1) is 11.2 Å². The summed E-state index contributed by atoms with van der Waals surface area (Å²) in [5.74, 6) is 0.0565. The first-order valence-corrected chi connectivity index (χ1v) is 9.44. The lowest BCUT2D eigenvalue weighted by Gasteiger charge is -2.32. The van der Waals surface area contributed by atoms with Crippen LogP contribution in [-0.4, -0.2) is 29.2 Å². The van der Waals surface area contributed by atoms with Gasteiger partial charge in [0.1, 0.15) is 5.82 Å². The molecule has 0 aromatic heterocycles. The highest BCUT2D eigenvalue weighted by atomic mass is 35.5. The first-order chi connectivity index (χ1) is 11.4. The van der Waals surface area contributed by atoms with Gasteiger partial charge in [0.2, 0.25) is 0 Å². The van der Waals surface area contributed by atoms with Crippen LogP contribution in [0, 0.1) is 12.7 Å². The summed E-state index contributed by atoms with van der Waals surface area (Å²) in [4.78, 5) is 11.4. The molecule has 1 saturated heterocycles. The van der Waals surface area contributed by atoms with Crippen LogP contribution >= 0.6 is 23.4 Å². The average molecular weight is 385 g/mol. The minimum atomic E-state index is -0.614. The monoisotopic (exact) mass is 384 g/mol. The van der Waals surface area contributed by atoms with Crippen molar-refractivity contribution in [1.82, 2.24) is 0 Å². The molecule has 0 amide bonds. The number of aryl methyl sites for hydroxylation is 1. The third kappa shape index (κ3) is 4.67. The van der Waals surface area contributed by atoms with Crippen LogP contribution in [0.5, 0.6) is 0 Å². The van der Waals surface area contributed by atoms with Gasteiger partial charge in [0, 0.05) is 17.7 Å². The maximum absolute atomic E-state index is 13.9. The van der Waals surface area contributed by atoms with Crippen molar-refractivity contribution in [2.45, 2.75) is 52.7 Å². The van der Waals surface area contributed by atoms with E-state index in [1.807, 2.05) is 27.7 Å². The van der Waals surface area contributed by atoms with Gasteiger partial charge in [-0.3, -0.25) is 4.79 Å². The van der Waals surface area contributed by atoms with E-state index in [2.05, 4.69) is 0 Å². The molecule has 1 aromatic carbocycles. The summed E-state index contributed by atoms with van der Waals surface area (Å²) in [6.07, 6.45) is 1.75. The molecular formula is C18H23BClFO3S. The van der Waals surface area contributed by atoms with Gasteiger partial charge in [-0.15, -0.1) is 0 Å². The van der Waals surface area contributed by atoms with Gasteiger partial charge in [-0.05, 0) is 63.4 Å². The highest BCUT2D eigenvalue weighted by Gasteiger charge is 2.52. The number of carbonyl (C=O) groups is 1. The van der Waals surface area contributed by atoms with Crippen LogP contribution in [0.2, 0.25) is 5.02 Å². The molecule has 1 aliphatic rings. The van der Waals surface area contributed by atoms with E-state index >= 15 is 0 Å². The number of rotatable bonds is 4. The zero-order valence-electron chi connectivity index (χ0n) is 15.4. The molecule has 0 atom stereocenters. The Morgan fingerprint density at radius 2 is 1.84 bits per heavy atom. The van der Waals surface area contributed by atoms with E-state index in [1.54, 1.807) is 19.1 Å². The van der Waals surface area contributed by atoms with Gasteiger partial charge in [0.25, 0.3) is 0 Å². The predicted octanol–water partition coefficient (Wildman–Crippen LogP) is 5.08. The zero-order valence-corrected chi connectivity index (χ0v) is 17.0. The van der Waals surface area contributed by atoms with Crippen molar-refractivity contribution in [2.75, 3.05) is 5.75 Å². The lowest BCUT2D eigenvalue weighted by molar-refractivity contribution is -0.109. The molecule has 0 saturated carbocycles. The van der Waals surface area contributed by atoms with E-state index in [0.717, 1.165) is 17.2 Å². The topological polar surface area (TPSA) is 35.5 Å². The molecule has 0 bridgehead atoms. The van der Waals surface area contributed by atoms with Gasteiger partial charge >= 0.3 is 7.12 Å². The average Bonchev–Trinajstić information content (AvgIpc) is 2.68. The van der Waals surface area contributed by atoms with Gasteiger partial charge in [-0.2, -0.15) is 0 Å². The maximum Gasteiger partial charge on any atom is 0.491 e. The van der Waals surface area contributed by atoms with Gasteiger partial charge in [-0.25, -0.2) is 4.39 Å². The molecule has 7 heteroatoms. The fraction of sp³-hybridized carbons (Fsp3) is 0.500. The van der Waals surface area contributed by atoms with Crippen LogP contribution in [0.3, 0.4) is 0 Å². The van der Waals surface area contributed by atoms with Crippen molar-refractivity contribution >= 4 is 41.7 Å². The van der Waals surface area contributed by atoms with Crippen molar-refractivity contribution in [3.05, 3.63) is 39.6 Å². The van der Waals surface area contributed by atoms with E-state index in [-0.39, 0.29) is 10.9 Å². The standard InChI is InChI=1S/C18H23BClFO3S/c1-11-7-15(20)13(9-16(11)21)8-14(10-25-12(2)22)19-23-17(3,4)18(5,6)24-19/h7-9H,10H2,1-6H3. The summed E-state index contributed by atoms with van der Waals surface area (Å²) in [6.45, 7) is 11.0. The first-order valence-electron chi connectivity index (χ1n) is 8.08. The second kappa shape index (κ2) is 7.43. The van der Waals surface area contributed by atoms with Crippen LogP contribution in [-0.2, 0) is 14.1 Å². The molecule has 1 aromatic rings. The summed E-state index contributed by atoms with van der Waals surface area (Å²) in [7, 11) is -0.614. The zero-order chi connectivity index (χ0) is 19.0. The largest absolute Gasteiger partial charge is 0.491 e. The van der Waals surface area contributed by atoms with Crippen LogP contribution in [0.1, 0.15) is 45.7 Å². The van der Waals surface area contributed by atoms with Gasteiger partial charge in [0.15, 0.2) is 5.12 Å². The molecule has 3 nitrogen and oxygen atoms in total. The second-order valence-electron chi connectivity index (χ2n) is 7.21. The molecule has 136 valence electrons. The molecule has 2 rings (SSSR count). The molecule has 0 radical (unpaired) electrons. The van der Waals surface area contributed by atoms with Crippen molar-refractivity contribution in [3.63, 3.8) is 0 Å². The van der Waals surface area contributed by atoms with E-state index in [9.17, 15) is 9.18 Å². The third-order valence-corrected chi connectivity index (χ3v) is 5.83. The van der Waals surface area contributed by atoms with Crippen LogP contribution < -0.4 is 0 Å². The van der Waals surface area contributed by atoms with Crippen LogP contribution in [0.15, 0.2) is 17.6 Å². The first kappa shape index (κ1) is 20.5. The number of hydrogen-bond acceptors (Lipinski definition) is 4. The fourth-order valence-corrected chi connectivity index (χ4v) is 3.19. The Morgan fingerprint density at radius 3 is 2.36 bits per heavy atom. The minimum Gasteiger partial charge on any atom is -0.400 e. The molecule has 1 aliphatic heterocycles. The highest BCUT2D eigenvalue weighted by Crippen LogP contribution is 2.39. The lowest BCUT2D eigenvalue weighted by Crippen LogP contribution is -2.41. The minimum absolute atomic E-state index is 0.0106. The number of thioether (sulfide) groups is 1. The molecular weight excluding hydrogens is 362 g/mol. The lowest BCUT2D eigenvalue weighted by atomic mass is 9.78. The van der Waals surface area contributed by atoms with Crippen LogP contribution in [0.4, 0.5) is 4.39 Å². The predicted molar refractivity (Wildman–Crippen MR) is 103 cm³/mol. The van der Waals surface area contributed by atoms with Crippen molar-refractivity contribution in [3.8, 4) is 0 Å². The summed E-state index contributed by atoms with van der Waals surface area (Å²) in [5, 5.41) is 0.435. The molecule has 0 unspecified atom stereocenters. The summed E-state index contributed by atoms with van der Waals surface area (Å²) in [5.41, 5.74) is 0.764. The molecule has 0 spiro atoms. The number of benzene rings is 1. The highest BCUT2D eigenvalue weighted by molar-refractivity contribution is 8.13. The van der Waals surface area contributed by atoms with Crippen molar-refractivity contribution in [1.29, 1.82) is 0 Å². The summed E-state index contributed by atoms with van der Waals surface area (Å²) < 4.78 is 26.1. The van der Waals surface area contributed by atoms with E-state index in [1.165, 1.54) is 13.0 Å².